The second kappa shape index (κ2) is 6.49. The first-order valence-corrected chi connectivity index (χ1v) is 10.1. The van der Waals surface area contributed by atoms with E-state index in [2.05, 4.69) is 10.3 Å². The number of rotatable bonds is 4. The molecule has 0 bridgehead atoms. The quantitative estimate of drug-likeness (QED) is 0.896. The highest BCUT2D eigenvalue weighted by Gasteiger charge is 2.31. The monoisotopic (exact) mass is 359 g/mol. The molecule has 2 heterocycles. The molecule has 0 radical (unpaired) electrons. The molecule has 0 atom stereocenters. The molecule has 1 amide bonds. The van der Waals surface area contributed by atoms with Gasteiger partial charge in [-0.1, -0.05) is 20.8 Å². The molecular formula is C15H25N3O3S2. The second-order valence-electron chi connectivity index (χ2n) is 7.35. The van der Waals surface area contributed by atoms with E-state index in [1.165, 1.54) is 15.6 Å². The fourth-order valence-electron chi connectivity index (χ4n) is 2.39. The van der Waals surface area contributed by atoms with Gasteiger partial charge in [0.2, 0.25) is 15.9 Å². The second-order valence-corrected chi connectivity index (χ2v) is 10.9. The van der Waals surface area contributed by atoms with Gasteiger partial charge in [0.25, 0.3) is 0 Å². The van der Waals surface area contributed by atoms with Crippen LogP contribution in [-0.4, -0.2) is 35.4 Å². The Kier molecular flexibility index (Phi) is 5.18. The Balaban J connectivity index is 2.09. The van der Waals surface area contributed by atoms with Crippen LogP contribution in [-0.2, 0) is 27.8 Å². The number of hydrogen-bond acceptors (Lipinski definition) is 5. The van der Waals surface area contributed by atoms with Crippen LogP contribution in [0.25, 0.3) is 0 Å². The van der Waals surface area contributed by atoms with Crippen LogP contribution in [0, 0.1) is 5.41 Å². The van der Waals surface area contributed by atoms with Gasteiger partial charge in [0, 0.05) is 30.8 Å². The van der Waals surface area contributed by atoms with E-state index in [0.29, 0.717) is 31.1 Å². The Bertz CT molecular complexity index is 687. The molecule has 1 aromatic rings. The lowest BCUT2D eigenvalue weighted by molar-refractivity contribution is -0.117. The minimum absolute atomic E-state index is 0.0599. The maximum Gasteiger partial charge on any atom is 0.226 e. The zero-order valence-corrected chi connectivity index (χ0v) is 16.0. The van der Waals surface area contributed by atoms with E-state index >= 15 is 0 Å². The average Bonchev–Trinajstić information content (AvgIpc) is 2.76. The van der Waals surface area contributed by atoms with Crippen molar-refractivity contribution in [2.45, 2.75) is 59.3 Å². The SMILES string of the molecule is CC(C)S(=O)(=O)N1CCc2nc(NC(=O)CC(C)(C)C)sc2C1. The van der Waals surface area contributed by atoms with Crippen LogP contribution in [0.4, 0.5) is 5.13 Å². The number of hydrogen-bond donors (Lipinski definition) is 1. The highest BCUT2D eigenvalue weighted by Crippen LogP contribution is 2.30. The number of nitrogens with one attached hydrogen (secondary N) is 1. The lowest BCUT2D eigenvalue weighted by Gasteiger charge is -2.26. The summed E-state index contributed by atoms with van der Waals surface area (Å²) >= 11 is 1.37. The van der Waals surface area contributed by atoms with Gasteiger partial charge in [-0.25, -0.2) is 13.4 Å². The van der Waals surface area contributed by atoms with Crippen LogP contribution in [0.3, 0.4) is 0 Å². The molecular weight excluding hydrogens is 334 g/mol. The maximum atomic E-state index is 12.3. The predicted octanol–water partition coefficient (Wildman–Crippen LogP) is 2.61. The van der Waals surface area contributed by atoms with Crippen molar-refractivity contribution >= 4 is 32.4 Å². The van der Waals surface area contributed by atoms with E-state index in [-0.39, 0.29) is 11.3 Å². The first kappa shape index (κ1) is 18.4. The van der Waals surface area contributed by atoms with Gasteiger partial charge in [0.1, 0.15) is 0 Å². The number of thiazole rings is 1. The van der Waals surface area contributed by atoms with E-state index in [1.54, 1.807) is 13.8 Å². The summed E-state index contributed by atoms with van der Waals surface area (Å²) in [5.74, 6) is -0.0599. The summed E-state index contributed by atoms with van der Waals surface area (Å²) in [7, 11) is -3.26. The van der Waals surface area contributed by atoms with E-state index in [4.69, 9.17) is 0 Å². The summed E-state index contributed by atoms with van der Waals surface area (Å²) in [4.78, 5) is 17.4. The highest BCUT2D eigenvalue weighted by atomic mass is 32.2. The van der Waals surface area contributed by atoms with Crippen LogP contribution in [0.15, 0.2) is 0 Å². The molecule has 6 nitrogen and oxygen atoms in total. The third kappa shape index (κ3) is 4.51. The number of carbonyl (C=O) groups excluding carboxylic acids is 1. The molecule has 0 fully saturated rings. The number of fused-ring (bicyclic) bond motifs is 1. The topological polar surface area (TPSA) is 79.4 Å². The van der Waals surface area contributed by atoms with Gasteiger partial charge in [-0.05, 0) is 19.3 Å². The van der Waals surface area contributed by atoms with Gasteiger partial charge in [-0.2, -0.15) is 4.31 Å². The molecule has 8 heteroatoms. The van der Waals surface area contributed by atoms with Crippen molar-refractivity contribution in [1.29, 1.82) is 0 Å². The fraction of sp³-hybridized carbons (Fsp3) is 0.733. The van der Waals surface area contributed by atoms with Crippen molar-refractivity contribution in [2.75, 3.05) is 11.9 Å². The van der Waals surface area contributed by atoms with Gasteiger partial charge < -0.3 is 5.32 Å². The Labute approximate surface area is 142 Å². The molecule has 1 N–H and O–H groups in total. The lowest BCUT2D eigenvalue weighted by atomic mass is 9.92. The van der Waals surface area contributed by atoms with E-state index in [1.807, 2.05) is 20.8 Å². The number of carbonyl (C=O) groups is 1. The number of anilines is 1. The molecule has 2 rings (SSSR count). The zero-order chi connectivity index (χ0) is 17.4. The Morgan fingerprint density at radius 3 is 2.61 bits per heavy atom. The molecule has 1 aromatic heterocycles. The highest BCUT2D eigenvalue weighted by molar-refractivity contribution is 7.89. The van der Waals surface area contributed by atoms with E-state index in [0.717, 1.165) is 10.6 Å². The van der Waals surface area contributed by atoms with Crippen LogP contribution >= 0.6 is 11.3 Å². The molecule has 1 aliphatic heterocycles. The van der Waals surface area contributed by atoms with Crippen molar-refractivity contribution in [2.24, 2.45) is 5.41 Å². The molecule has 0 unspecified atom stereocenters. The van der Waals surface area contributed by atoms with Gasteiger partial charge in [0.05, 0.1) is 10.9 Å². The summed E-state index contributed by atoms with van der Waals surface area (Å²) in [5, 5.41) is 2.97. The zero-order valence-electron chi connectivity index (χ0n) is 14.3. The molecule has 0 saturated carbocycles. The van der Waals surface area contributed by atoms with Crippen molar-refractivity contribution in [3.8, 4) is 0 Å². The number of amides is 1. The van der Waals surface area contributed by atoms with Crippen LogP contribution < -0.4 is 5.32 Å². The minimum atomic E-state index is -3.26. The Morgan fingerprint density at radius 1 is 1.39 bits per heavy atom. The smallest absolute Gasteiger partial charge is 0.226 e. The van der Waals surface area contributed by atoms with Crippen molar-refractivity contribution in [3.05, 3.63) is 10.6 Å². The Hall–Kier alpha value is -0.990. The summed E-state index contributed by atoms with van der Waals surface area (Å²) in [6.45, 7) is 10.2. The standard InChI is InChI=1S/C15H25N3O3S2/c1-10(2)23(20,21)18-7-6-11-12(9-18)22-14(16-11)17-13(19)8-15(3,4)5/h10H,6-9H2,1-5H3,(H,16,17,19). The van der Waals surface area contributed by atoms with Crippen LogP contribution in [0.2, 0.25) is 0 Å². The third-order valence-electron chi connectivity index (χ3n) is 3.59. The number of nitrogens with zero attached hydrogens (tertiary/aromatic N) is 2. The van der Waals surface area contributed by atoms with Gasteiger partial charge in [-0.3, -0.25) is 4.79 Å². The first-order valence-electron chi connectivity index (χ1n) is 7.76. The van der Waals surface area contributed by atoms with E-state index in [9.17, 15) is 13.2 Å². The number of sulfonamides is 1. The minimum Gasteiger partial charge on any atom is -0.302 e. The third-order valence-corrected chi connectivity index (χ3v) is 6.81. The van der Waals surface area contributed by atoms with Crippen LogP contribution in [0.5, 0.6) is 0 Å². The summed E-state index contributed by atoms with van der Waals surface area (Å²) in [6.07, 6.45) is 1.01. The average molecular weight is 360 g/mol. The maximum absolute atomic E-state index is 12.3. The molecule has 130 valence electrons. The summed E-state index contributed by atoms with van der Waals surface area (Å²) < 4.78 is 26.1. The molecule has 0 saturated heterocycles. The molecule has 0 aromatic carbocycles. The first-order chi connectivity index (χ1) is 10.5. The van der Waals surface area contributed by atoms with Crippen molar-refractivity contribution in [3.63, 3.8) is 0 Å². The molecule has 23 heavy (non-hydrogen) atoms. The molecule has 1 aliphatic rings. The van der Waals surface area contributed by atoms with Gasteiger partial charge in [-0.15, -0.1) is 11.3 Å². The largest absolute Gasteiger partial charge is 0.302 e. The van der Waals surface area contributed by atoms with Crippen molar-refractivity contribution in [1.82, 2.24) is 9.29 Å². The van der Waals surface area contributed by atoms with Gasteiger partial charge in [0.15, 0.2) is 5.13 Å². The summed E-state index contributed by atoms with van der Waals surface area (Å²) in [6, 6.07) is 0. The predicted molar refractivity (Wildman–Crippen MR) is 93.0 cm³/mol. The lowest BCUT2D eigenvalue weighted by Crippen LogP contribution is -2.39. The van der Waals surface area contributed by atoms with Crippen molar-refractivity contribution < 1.29 is 13.2 Å². The normalized spacial score (nSPS) is 16.4. The number of aromatic nitrogens is 1. The molecule has 0 aliphatic carbocycles. The van der Waals surface area contributed by atoms with Gasteiger partial charge >= 0.3 is 0 Å². The van der Waals surface area contributed by atoms with Crippen LogP contribution in [0.1, 0.15) is 51.6 Å². The van der Waals surface area contributed by atoms with E-state index < -0.39 is 15.3 Å². The fourth-order valence-corrected chi connectivity index (χ4v) is 4.76. The summed E-state index contributed by atoms with van der Waals surface area (Å²) in [5.41, 5.74) is 0.819. The molecule has 0 spiro atoms. The Morgan fingerprint density at radius 2 is 2.04 bits per heavy atom.